The number of carbonyl (C=O) groups excluding carboxylic acids is 1. The number of aromatic amines is 1. The predicted octanol–water partition coefficient (Wildman–Crippen LogP) is 2.08. The number of ketones is 1. The highest BCUT2D eigenvalue weighted by atomic mass is 16.4. The van der Waals surface area contributed by atoms with Crippen molar-refractivity contribution in [1.29, 1.82) is 0 Å². The van der Waals surface area contributed by atoms with E-state index in [0.29, 0.717) is 25.9 Å². The monoisotopic (exact) mass is 407 g/mol. The van der Waals surface area contributed by atoms with E-state index in [2.05, 4.69) is 20.3 Å². The second kappa shape index (κ2) is 9.91. The molecule has 156 valence electrons. The third-order valence-corrected chi connectivity index (χ3v) is 4.90. The fraction of sp³-hybridized carbons (Fsp3) is 0.273. The maximum absolute atomic E-state index is 12.9. The first-order valence-corrected chi connectivity index (χ1v) is 9.74. The van der Waals surface area contributed by atoms with Crippen molar-refractivity contribution in [3.05, 3.63) is 83.7 Å². The van der Waals surface area contributed by atoms with Crippen LogP contribution in [-0.4, -0.2) is 37.3 Å². The molecular weight excluding hydrogens is 382 g/mol. The van der Waals surface area contributed by atoms with E-state index < -0.39 is 17.3 Å². The Kier molecular flexibility index (Phi) is 7.05. The van der Waals surface area contributed by atoms with E-state index >= 15 is 0 Å². The molecule has 1 atom stereocenters. The topological polar surface area (TPSA) is 134 Å². The summed E-state index contributed by atoms with van der Waals surface area (Å²) in [7, 11) is 0. The molecule has 0 saturated carbocycles. The molecule has 0 spiro atoms. The molecule has 1 aromatic carbocycles. The molecule has 3 rings (SSSR count). The molecule has 2 heterocycles. The molecule has 0 radical (unpaired) electrons. The number of nitrogens with zero attached hydrogens (tertiary/aromatic N) is 2. The number of pyridine rings is 1. The third kappa shape index (κ3) is 5.37. The Bertz CT molecular complexity index is 958. The molecule has 30 heavy (non-hydrogen) atoms. The van der Waals surface area contributed by atoms with Crippen LogP contribution in [0.25, 0.3) is 0 Å². The van der Waals surface area contributed by atoms with Gasteiger partial charge in [0, 0.05) is 43.7 Å². The summed E-state index contributed by atoms with van der Waals surface area (Å²) >= 11 is 0. The molecule has 1 unspecified atom stereocenters. The number of aliphatic carboxylic acids is 1. The number of carbonyl (C=O) groups is 2. The highest BCUT2D eigenvalue weighted by Gasteiger charge is 2.42. The number of hydrogen-bond acceptors (Lipinski definition) is 6. The molecule has 0 bridgehead atoms. The Labute approximate surface area is 174 Å². The van der Waals surface area contributed by atoms with Gasteiger partial charge in [0.05, 0.1) is 5.69 Å². The first kappa shape index (κ1) is 21.4. The summed E-state index contributed by atoms with van der Waals surface area (Å²) in [5.41, 5.74) is 6.27. The summed E-state index contributed by atoms with van der Waals surface area (Å²) in [5.74, 6) is -1.19. The number of aromatic nitrogens is 3. The maximum atomic E-state index is 12.9. The van der Waals surface area contributed by atoms with Crippen LogP contribution in [0.4, 0.5) is 0 Å². The number of carboxylic acids is 1. The summed E-state index contributed by atoms with van der Waals surface area (Å²) in [6.45, 7) is 1.23. The summed E-state index contributed by atoms with van der Waals surface area (Å²) in [6.07, 6.45) is 6.04. The molecule has 5 N–H and O–H groups in total. The average molecular weight is 407 g/mol. The molecular formula is C22H25N5O3. The number of carboxylic acid groups (broad SMARTS) is 1. The SMILES string of the molecule is NC(CCCc1ncc[nH]1)(C(=O)O)C(=O)c1ccc(CNCc2ccccn2)cc1. The first-order chi connectivity index (χ1) is 14.5. The summed E-state index contributed by atoms with van der Waals surface area (Å²) in [4.78, 5) is 35.9. The molecule has 0 aliphatic heterocycles. The lowest BCUT2D eigenvalue weighted by Gasteiger charge is -2.23. The van der Waals surface area contributed by atoms with Gasteiger partial charge in [-0.1, -0.05) is 30.3 Å². The molecule has 0 fully saturated rings. The van der Waals surface area contributed by atoms with Gasteiger partial charge in [-0.15, -0.1) is 0 Å². The Balaban J connectivity index is 1.58. The standard InChI is InChI=1S/C22H25N5O3/c23-22(21(29)30,10-3-5-19-26-12-13-27-19)20(28)17-8-6-16(7-9-17)14-24-15-18-4-1-2-11-25-18/h1-2,4,6-9,11-13,24H,3,5,10,14-15,23H2,(H,26,27)(H,29,30). The Morgan fingerprint density at radius 3 is 2.50 bits per heavy atom. The molecule has 8 heteroatoms. The van der Waals surface area contributed by atoms with E-state index in [9.17, 15) is 14.7 Å². The number of nitrogens with one attached hydrogen (secondary N) is 2. The van der Waals surface area contributed by atoms with Crippen molar-refractivity contribution < 1.29 is 14.7 Å². The lowest BCUT2D eigenvalue weighted by Crippen LogP contribution is -2.55. The Morgan fingerprint density at radius 1 is 1.07 bits per heavy atom. The highest BCUT2D eigenvalue weighted by Crippen LogP contribution is 2.19. The van der Waals surface area contributed by atoms with E-state index in [1.54, 1.807) is 42.9 Å². The molecule has 0 aliphatic rings. The van der Waals surface area contributed by atoms with Crippen LogP contribution in [0, 0.1) is 0 Å². The summed E-state index contributed by atoms with van der Waals surface area (Å²) in [6, 6.07) is 12.6. The van der Waals surface area contributed by atoms with Crippen LogP contribution in [0.5, 0.6) is 0 Å². The molecule has 8 nitrogen and oxygen atoms in total. The quantitative estimate of drug-likeness (QED) is 0.282. The highest BCUT2D eigenvalue weighted by molar-refractivity contribution is 6.15. The van der Waals surface area contributed by atoms with Gasteiger partial charge in [0.1, 0.15) is 5.82 Å². The predicted molar refractivity (Wildman–Crippen MR) is 112 cm³/mol. The molecule has 3 aromatic rings. The van der Waals surface area contributed by atoms with Crippen molar-refractivity contribution in [1.82, 2.24) is 20.3 Å². The van der Waals surface area contributed by atoms with Crippen LogP contribution in [0.3, 0.4) is 0 Å². The number of imidazole rings is 1. The zero-order valence-electron chi connectivity index (χ0n) is 16.5. The second-order valence-electron chi connectivity index (χ2n) is 7.12. The van der Waals surface area contributed by atoms with Gasteiger partial charge in [-0.3, -0.25) is 9.78 Å². The van der Waals surface area contributed by atoms with Crippen LogP contribution in [0.15, 0.2) is 61.1 Å². The van der Waals surface area contributed by atoms with E-state index in [0.717, 1.165) is 17.1 Å². The first-order valence-electron chi connectivity index (χ1n) is 9.74. The van der Waals surface area contributed by atoms with Gasteiger partial charge in [0.15, 0.2) is 11.3 Å². The summed E-state index contributed by atoms with van der Waals surface area (Å²) in [5, 5.41) is 12.9. The van der Waals surface area contributed by atoms with Crippen LogP contribution in [0.1, 0.15) is 40.3 Å². The number of aryl methyl sites for hydroxylation is 1. The van der Waals surface area contributed by atoms with E-state index in [4.69, 9.17) is 5.73 Å². The second-order valence-corrected chi connectivity index (χ2v) is 7.12. The van der Waals surface area contributed by atoms with E-state index in [-0.39, 0.29) is 12.0 Å². The maximum Gasteiger partial charge on any atom is 0.331 e. The zero-order chi connectivity index (χ0) is 21.4. The third-order valence-electron chi connectivity index (χ3n) is 4.90. The molecule has 2 aromatic heterocycles. The van der Waals surface area contributed by atoms with Crippen LogP contribution in [-0.2, 0) is 24.3 Å². The lowest BCUT2D eigenvalue weighted by molar-refractivity contribution is -0.141. The number of hydrogen-bond donors (Lipinski definition) is 4. The van der Waals surface area contributed by atoms with Gasteiger partial charge in [0.2, 0.25) is 0 Å². The smallest absolute Gasteiger partial charge is 0.331 e. The minimum absolute atomic E-state index is 0.0231. The Hall–Kier alpha value is -3.36. The van der Waals surface area contributed by atoms with E-state index in [1.165, 1.54) is 0 Å². The number of nitrogens with two attached hydrogens (primary N) is 1. The average Bonchev–Trinajstić information content (AvgIpc) is 3.28. The fourth-order valence-electron chi connectivity index (χ4n) is 3.16. The van der Waals surface area contributed by atoms with E-state index in [1.807, 2.05) is 18.2 Å². The van der Waals surface area contributed by atoms with Gasteiger partial charge in [0.25, 0.3) is 0 Å². The van der Waals surface area contributed by atoms with Gasteiger partial charge in [-0.25, -0.2) is 9.78 Å². The van der Waals surface area contributed by atoms with Crippen LogP contribution >= 0.6 is 0 Å². The largest absolute Gasteiger partial charge is 0.480 e. The minimum atomic E-state index is -1.97. The minimum Gasteiger partial charge on any atom is -0.480 e. The number of benzene rings is 1. The fourth-order valence-corrected chi connectivity index (χ4v) is 3.16. The lowest BCUT2D eigenvalue weighted by atomic mass is 9.85. The van der Waals surface area contributed by atoms with Crippen LogP contribution in [0.2, 0.25) is 0 Å². The number of Topliss-reactive ketones (excluding diaryl/α,β-unsaturated/α-hetero) is 1. The van der Waals surface area contributed by atoms with Crippen molar-refractivity contribution >= 4 is 11.8 Å². The summed E-state index contributed by atoms with van der Waals surface area (Å²) < 4.78 is 0. The van der Waals surface area contributed by atoms with Gasteiger partial charge >= 0.3 is 5.97 Å². The van der Waals surface area contributed by atoms with Gasteiger partial charge in [-0.05, 0) is 30.5 Å². The van der Waals surface area contributed by atoms with Crippen molar-refractivity contribution in [3.63, 3.8) is 0 Å². The molecule has 0 aliphatic carbocycles. The van der Waals surface area contributed by atoms with Crippen molar-refractivity contribution in [2.45, 2.75) is 37.9 Å². The van der Waals surface area contributed by atoms with Crippen molar-refractivity contribution in [3.8, 4) is 0 Å². The molecule has 0 amide bonds. The van der Waals surface area contributed by atoms with Crippen LogP contribution < -0.4 is 11.1 Å². The van der Waals surface area contributed by atoms with Crippen molar-refractivity contribution in [2.75, 3.05) is 0 Å². The Morgan fingerprint density at radius 2 is 1.87 bits per heavy atom. The number of H-pyrrole nitrogens is 1. The zero-order valence-corrected chi connectivity index (χ0v) is 16.5. The number of rotatable bonds is 11. The normalized spacial score (nSPS) is 13.0. The molecule has 0 saturated heterocycles. The van der Waals surface area contributed by atoms with Crippen molar-refractivity contribution in [2.24, 2.45) is 5.73 Å². The van der Waals surface area contributed by atoms with Gasteiger partial charge < -0.3 is 21.1 Å². The van der Waals surface area contributed by atoms with Gasteiger partial charge in [-0.2, -0.15) is 0 Å².